The number of hydrogen-bond acceptors (Lipinski definition) is 4. The molecule has 0 radical (unpaired) electrons. The van der Waals surface area contributed by atoms with Crippen LogP contribution in [-0.2, 0) is 0 Å². The molecule has 5 nitrogen and oxygen atoms in total. The highest BCUT2D eigenvalue weighted by atomic mass is 16.2. The van der Waals surface area contributed by atoms with E-state index in [2.05, 4.69) is 26.7 Å². The van der Waals surface area contributed by atoms with Gasteiger partial charge in [-0.2, -0.15) is 0 Å². The maximum absolute atomic E-state index is 13.0. The van der Waals surface area contributed by atoms with Gasteiger partial charge in [-0.1, -0.05) is 24.1 Å². The fourth-order valence-electron chi connectivity index (χ4n) is 3.33. The van der Waals surface area contributed by atoms with Crippen molar-refractivity contribution in [3.8, 4) is 11.8 Å². The molecular formula is C24H22N4O. The molecule has 1 amide bonds. The quantitative estimate of drug-likeness (QED) is 0.639. The molecular weight excluding hydrogens is 360 g/mol. The molecule has 2 aromatic heterocycles. The number of carbonyl (C=O) groups is 1. The predicted octanol–water partition coefficient (Wildman–Crippen LogP) is 3.15. The molecule has 5 heteroatoms. The number of rotatable bonds is 2. The average molecular weight is 382 g/mol. The lowest BCUT2D eigenvalue weighted by Crippen LogP contribution is -2.49. The van der Waals surface area contributed by atoms with Crippen LogP contribution in [0.3, 0.4) is 0 Å². The van der Waals surface area contributed by atoms with Crippen molar-refractivity contribution in [1.29, 1.82) is 0 Å². The number of piperazine rings is 1. The van der Waals surface area contributed by atoms with Crippen LogP contribution in [0.5, 0.6) is 0 Å². The Hall–Kier alpha value is -3.65. The second kappa shape index (κ2) is 8.57. The largest absolute Gasteiger partial charge is 0.353 e. The van der Waals surface area contributed by atoms with E-state index in [1.165, 1.54) is 0 Å². The van der Waals surface area contributed by atoms with Gasteiger partial charge in [-0.3, -0.25) is 4.79 Å². The van der Waals surface area contributed by atoms with Gasteiger partial charge in [-0.05, 0) is 55.3 Å². The van der Waals surface area contributed by atoms with Crippen molar-refractivity contribution in [2.45, 2.75) is 6.92 Å². The van der Waals surface area contributed by atoms with Gasteiger partial charge in [-0.25, -0.2) is 9.97 Å². The third-order valence-electron chi connectivity index (χ3n) is 4.87. The summed E-state index contributed by atoms with van der Waals surface area (Å²) >= 11 is 0. The SMILES string of the molecule is Cc1cccc(N2CCN(C(=O)c3cccc(C#Cc4ccccn4)c3)CC2)n1. The molecule has 1 fully saturated rings. The van der Waals surface area contributed by atoms with E-state index in [0.29, 0.717) is 24.3 Å². The first-order chi connectivity index (χ1) is 14.2. The smallest absolute Gasteiger partial charge is 0.254 e. The standard InChI is InChI=1S/C24H22N4O/c1-19-6-4-10-23(26-19)27-14-16-28(17-15-27)24(29)21-8-5-7-20(18-21)11-12-22-9-2-3-13-25-22/h2-10,13,18H,14-17H2,1H3. The first-order valence-corrected chi connectivity index (χ1v) is 9.70. The van der Waals surface area contributed by atoms with E-state index >= 15 is 0 Å². The number of carbonyl (C=O) groups excluding carboxylic acids is 1. The Morgan fingerprint density at radius 3 is 2.52 bits per heavy atom. The molecule has 1 aromatic carbocycles. The van der Waals surface area contributed by atoms with E-state index in [9.17, 15) is 4.79 Å². The molecule has 29 heavy (non-hydrogen) atoms. The van der Waals surface area contributed by atoms with Gasteiger partial charge < -0.3 is 9.80 Å². The molecule has 3 heterocycles. The highest BCUT2D eigenvalue weighted by Gasteiger charge is 2.23. The van der Waals surface area contributed by atoms with Gasteiger partial charge in [0.25, 0.3) is 5.91 Å². The van der Waals surface area contributed by atoms with Gasteiger partial charge >= 0.3 is 0 Å². The molecule has 0 unspecified atom stereocenters. The molecule has 0 saturated carbocycles. The number of benzene rings is 1. The van der Waals surface area contributed by atoms with Crippen molar-refractivity contribution in [2.75, 3.05) is 31.1 Å². The Bertz CT molecular complexity index is 1060. The van der Waals surface area contributed by atoms with Crippen LogP contribution in [0.1, 0.15) is 27.3 Å². The Labute approximate surface area is 171 Å². The van der Waals surface area contributed by atoms with Crippen LogP contribution >= 0.6 is 0 Å². The molecule has 0 N–H and O–H groups in total. The van der Waals surface area contributed by atoms with Crippen LogP contribution in [0.2, 0.25) is 0 Å². The summed E-state index contributed by atoms with van der Waals surface area (Å²) in [5.41, 5.74) is 3.19. The van der Waals surface area contributed by atoms with Crippen molar-refractivity contribution >= 4 is 11.7 Å². The van der Waals surface area contributed by atoms with E-state index in [1.54, 1.807) is 6.20 Å². The zero-order valence-corrected chi connectivity index (χ0v) is 16.4. The van der Waals surface area contributed by atoms with Gasteiger partial charge in [0.05, 0.1) is 0 Å². The fraction of sp³-hybridized carbons (Fsp3) is 0.208. The number of aryl methyl sites for hydroxylation is 1. The Morgan fingerprint density at radius 2 is 1.76 bits per heavy atom. The van der Waals surface area contributed by atoms with Gasteiger partial charge in [0.1, 0.15) is 11.5 Å². The summed E-state index contributed by atoms with van der Waals surface area (Å²) in [5.74, 6) is 7.15. The zero-order chi connectivity index (χ0) is 20.1. The van der Waals surface area contributed by atoms with E-state index in [0.717, 1.165) is 30.2 Å². The Kier molecular flexibility index (Phi) is 5.53. The summed E-state index contributed by atoms with van der Waals surface area (Å²) in [6.07, 6.45) is 1.72. The predicted molar refractivity (Wildman–Crippen MR) is 114 cm³/mol. The van der Waals surface area contributed by atoms with Crippen LogP contribution in [0.15, 0.2) is 66.9 Å². The van der Waals surface area contributed by atoms with Gasteiger partial charge in [0, 0.05) is 49.2 Å². The van der Waals surface area contributed by atoms with Crippen LogP contribution in [-0.4, -0.2) is 47.0 Å². The molecule has 0 spiro atoms. The summed E-state index contributed by atoms with van der Waals surface area (Å²) < 4.78 is 0. The lowest BCUT2D eigenvalue weighted by Gasteiger charge is -2.35. The second-order valence-electron chi connectivity index (χ2n) is 6.96. The topological polar surface area (TPSA) is 49.3 Å². The van der Waals surface area contributed by atoms with E-state index in [-0.39, 0.29) is 5.91 Å². The maximum atomic E-state index is 13.0. The van der Waals surface area contributed by atoms with Crippen molar-refractivity contribution in [3.63, 3.8) is 0 Å². The third-order valence-corrected chi connectivity index (χ3v) is 4.87. The highest BCUT2D eigenvalue weighted by Crippen LogP contribution is 2.16. The van der Waals surface area contributed by atoms with Gasteiger partial charge in [0.15, 0.2) is 0 Å². The van der Waals surface area contributed by atoms with Crippen molar-refractivity contribution < 1.29 is 4.79 Å². The molecule has 0 atom stereocenters. The number of amides is 1. The van der Waals surface area contributed by atoms with E-state index in [4.69, 9.17) is 0 Å². The zero-order valence-electron chi connectivity index (χ0n) is 16.4. The molecule has 144 valence electrons. The van der Waals surface area contributed by atoms with E-state index < -0.39 is 0 Å². The lowest BCUT2D eigenvalue weighted by molar-refractivity contribution is 0.0746. The van der Waals surface area contributed by atoms with Gasteiger partial charge in [0.2, 0.25) is 0 Å². The van der Waals surface area contributed by atoms with Crippen molar-refractivity contribution in [3.05, 3.63) is 89.4 Å². The Balaban J connectivity index is 1.42. The molecule has 1 aliphatic rings. The fourth-order valence-corrected chi connectivity index (χ4v) is 3.33. The molecule has 1 saturated heterocycles. The minimum atomic E-state index is 0.0448. The number of aromatic nitrogens is 2. The number of nitrogens with zero attached hydrogens (tertiary/aromatic N) is 4. The summed E-state index contributed by atoms with van der Waals surface area (Å²) in [5, 5.41) is 0. The first-order valence-electron chi connectivity index (χ1n) is 9.70. The van der Waals surface area contributed by atoms with Crippen LogP contribution in [0, 0.1) is 18.8 Å². The second-order valence-corrected chi connectivity index (χ2v) is 6.96. The highest BCUT2D eigenvalue weighted by molar-refractivity contribution is 5.94. The van der Waals surface area contributed by atoms with Crippen LogP contribution < -0.4 is 4.90 Å². The van der Waals surface area contributed by atoms with Crippen molar-refractivity contribution in [1.82, 2.24) is 14.9 Å². The number of hydrogen-bond donors (Lipinski definition) is 0. The number of anilines is 1. The van der Waals surface area contributed by atoms with Gasteiger partial charge in [-0.15, -0.1) is 0 Å². The molecule has 1 aliphatic heterocycles. The summed E-state index contributed by atoms with van der Waals surface area (Å²) in [6.45, 7) is 4.91. The number of pyridine rings is 2. The van der Waals surface area contributed by atoms with E-state index in [1.807, 2.05) is 72.5 Å². The minimum Gasteiger partial charge on any atom is -0.353 e. The molecule has 4 rings (SSSR count). The van der Waals surface area contributed by atoms with Crippen LogP contribution in [0.25, 0.3) is 0 Å². The monoisotopic (exact) mass is 382 g/mol. The lowest BCUT2D eigenvalue weighted by atomic mass is 10.1. The first kappa shape index (κ1) is 18.7. The van der Waals surface area contributed by atoms with Crippen molar-refractivity contribution in [2.24, 2.45) is 0 Å². The summed E-state index contributed by atoms with van der Waals surface area (Å²) in [4.78, 5) is 25.9. The Morgan fingerprint density at radius 1 is 0.931 bits per heavy atom. The minimum absolute atomic E-state index is 0.0448. The third kappa shape index (κ3) is 4.61. The summed E-state index contributed by atoms with van der Waals surface area (Å²) in [6, 6.07) is 19.2. The molecule has 0 bridgehead atoms. The average Bonchev–Trinajstić information content (AvgIpc) is 2.78. The molecule has 0 aliphatic carbocycles. The van der Waals surface area contributed by atoms with Crippen LogP contribution in [0.4, 0.5) is 5.82 Å². The maximum Gasteiger partial charge on any atom is 0.254 e. The normalized spacial score (nSPS) is 13.6. The summed E-state index contributed by atoms with van der Waals surface area (Å²) in [7, 11) is 0. The molecule has 3 aromatic rings.